The summed E-state index contributed by atoms with van der Waals surface area (Å²) in [5.74, 6) is 0.736. The molecule has 0 amide bonds. The smallest absolute Gasteiger partial charge is 0.204 e. The van der Waals surface area contributed by atoms with E-state index in [2.05, 4.69) is 20.5 Å². The van der Waals surface area contributed by atoms with Gasteiger partial charge < -0.3 is 19.9 Å². The molecule has 2 rings (SSSR count). The molecule has 1 aromatic heterocycles. The van der Waals surface area contributed by atoms with Crippen molar-refractivity contribution < 1.29 is 19.0 Å². The van der Waals surface area contributed by atoms with Crippen LogP contribution in [0.25, 0.3) is 0 Å². The molecule has 0 radical (unpaired) electrons. The topological polar surface area (TPSA) is 149 Å². The van der Waals surface area contributed by atoms with E-state index in [0.717, 1.165) is 5.57 Å². The van der Waals surface area contributed by atoms with E-state index in [1.807, 2.05) is 6.92 Å². The Labute approximate surface area is 168 Å². The summed E-state index contributed by atoms with van der Waals surface area (Å²) in [5.41, 5.74) is 14.9. The van der Waals surface area contributed by atoms with Crippen molar-refractivity contribution in [2.75, 3.05) is 13.2 Å². The minimum atomic E-state index is -0.158. The minimum absolute atomic E-state index is 0.0296. The van der Waals surface area contributed by atoms with Crippen LogP contribution in [0.2, 0.25) is 0 Å². The monoisotopic (exact) mass is 400 g/mol. The van der Waals surface area contributed by atoms with Crippen molar-refractivity contribution in [1.29, 1.82) is 5.53 Å². The molecule has 0 unspecified atom stereocenters. The van der Waals surface area contributed by atoms with Crippen molar-refractivity contribution in [2.45, 2.75) is 27.4 Å². The van der Waals surface area contributed by atoms with Gasteiger partial charge >= 0.3 is 0 Å². The van der Waals surface area contributed by atoms with E-state index in [1.54, 1.807) is 31.3 Å². The first-order valence-electron chi connectivity index (χ1n) is 8.81. The second-order valence-electron chi connectivity index (χ2n) is 6.09. The highest BCUT2D eigenvalue weighted by Crippen LogP contribution is 2.40. The second-order valence-corrected chi connectivity index (χ2v) is 6.09. The molecule has 1 aromatic carbocycles. The van der Waals surface area contributed by atoms with Crippen molar-refractivity contribution in [3.05, 3.63) is 53.1 Å². The summed E-state index contributed by atoms with van der Waals surface area (Å²) in [6.07, 6.45) is 4.70. The Morgan fingerprint density at radius 2 is 1.97 bits per heavy atom. The summed E-state index contributed by atoms with van der Waals surface area (Å²) in [7, 11) is 0. The van der Waals surface area contributed by atoms with Gasteiger partial charge in [-0.05, 0) is 44.7 Å². The molecule has 0 aliphatic carbocycles. The lowest BCUT2D eigenvalue weighted by Gasteiger charge is -2.18. The van der Waals surface area contributed by atoms with Gasteiger partial charge in [-0.3, -0.25) is 9.89 Å². The molecule has 0 saturated carbocycles. The van der Waals surface area contributed by atoms with Crippen LogP contribution in [0.1, 0.15) is 36.8 Å². The predicted molar refractivity (Wildman–Crippen MR) is 105 cm³/mol. The van der Waals surface area contributed by atoms with Gasteiger partial charge in [-0.2, -0.15) is 5.11 Å². The number of ketones is 1. The molecule has 0 aliphatic rings. The molecule has 1 heterocycles. The number of hydrogen-bond acceptors (Lipinski definition) is 9. The number of ether oxygens (including phenoxy) is 3. The molecule has 0 atom stereocenters. The number of aromatic nitrogens is 3. The third kappa shape index (κ3) is 6.16. The number of allylic oxidation sites excluding steroid dienone is 1. The number of carbonyl (C=O) groups is 1. The first-order valence-corrected chi connectivity index (χ1v) is 8.81. The van der Waals surface area contributed by atoms with Crippen LogP contribution >= 0.6 is 0 Å². The zero-order chi connectivity index (χ0) is 21.2. The molecule has 10 nitrogen and oxygen atoms in total. The Morgan fingerprint density at radius 3 is 2.52 bits per heavy atom. The summed E-state index contributed by atoms with van der Waals surface area (Å²) >= 11 is 0. The number of H-pyrrole nitrogens is 1. The number of aromatic amines is 1. The van der Waals surface area contributed by atoms with E-state index in [1.165, 1.54) is 13.1 Å². The fourth-order valence-electron chi connectivity index (χ4n) is 2.15. The van der Waals surface area contributed by atoms with Crippen molar-refractivity contribution >= 4 is 5.78 Å². The highest BCUT2D eigenvalue weighted by atomic mass is 16.5. The van der Waals surface area contributed by atoms with Crippen molar-refractivity contribution in [2.24, 2.45) is 10.8 Å². The van der Waals surface area contributed by atoms with Crippen LogP contribution < -0.4 is 19.9 Å². The van der Waals surface area contributed by atoms with Crippen molar-refractivity contribution in [3.8, 4) is 17.2 Å². The van der Waals surface area contributed by atoms with E-state index in [-0.39, 0.29) is 31.4 Å². The van der Waals surface area contributed by atoms with Gasteiger partial charge in [-0.1, -0.05) is 11.3 Å². The molecule has 4 N–H and O–H groups in total. The number of nitrogens with one attached hydrogen (secondary N) is 2. The van der Waals surface area contributed by atoms with E-state index < -0.39 is 0 Å². The standard InChI is InChI=1S/C19H24N6O4/c1-4-15(23-21)10-29-19-17(27-9-12(2)7-20)5-14(13(3)26)6-18(19)28-11-16-8-22-25-24-16/h4-8,21H,9-11,20H2,1-3H3,(H,22,24,25)/b12-7+,15-4-,23-21?. The van der Waals surface area contributed by atoms with E-state index >= 15 is 0 Å². The molecule has 2 aromatic rings. The van der Waals surface area contributed by atoms with Crippen LogP contribution in [0.3, 0.4) is 0 Å². The summed E-state index contributed by atoms with van der Waals surface area (Å²) < 4.78 is 17.5. The average molecular weight is 400 g/mol. The van der Waals surface area contributed by atoms with Gasteiger partial charge in [0.1, 0.15) is 25.5 Å². The third-order valence-electron chi connectivity index (χ3n) is 3.85. The zero-order valence-corrected chi connectivity index (χ0v) is 16.6. The number of nitrogens with two attached hydrogens (primary N) is 1. The van der Waals surface area contributed by atoms with Gasteiger partial charge in [0.25, 0.3) is 0 Å². The maximum atomic E-state index is 12.0. The predicted octanol–water partition coefficient (Wildman–Crippen LogP) is 3.14. The maximum absolute atomic E-state index is 12.0. The maximum Gasteiger partial charge on any atom is 0.204 e. The highest BCUT2D eigenvalue weighted by molar-refractivity contribution is 5.95. The molecule has 0 bridgehead atoms. The molecular weight excluding hydrogens is 376 g/mol. The Balaban J connectivity index is 2.42. The summed E-state index contributed by atoms with van der Waals surface area (Å²) in [6, 6.07) is 3.15. The Morgan fingerprint density at radius 1 is 1.24 bits per heavy atom. The van der Waals surface area contributed by atoms with Crippen LogP contribution in [0.5, 0.6) is 17.2 Å². The van der Waals surface area contributed by atoms with Gasteiger partial charge in [0, 0.05) is 11.8 Å². The second kappa shape index (κ2) is 10.6. The quantitative estimate of drug-likeness (QED) is 0.387. The normalized spacial score (nSPS) is 11.8. The molecular formula is C19H24N6O4. The molecule has 29 heavy (non-hydrogen) atoms. The number of rotatable bonds is 11. The fourth-order valence-corrected chi connectivity index (χ4v) is 2.15. The number of carbonyl (C=O) groups excluding carboxylic acids is 1. The lowest BCUT2D eigenvalue weighted by molar-refractivity contribution is 0.101. The zero-order valence-electron chi connectivity index (χ0n) is 16.6. The van der Waals surface area contributed by atoms with E-state index in [9.17, 15) is 4.79 Å². The van der Waals surface area contributed by atoms with Gasteiger partial charge in [-0.25, -0.2) is 5.53 Å². The van der Waals surface area contributed by atoms with Crippen LogP contribution in [-0.2, 0) is 6.61 Å². The lowest BCUT2D eigenvalue weighted by Crippen LogP contribution is -2.08. The molecule has 0 aliphatic heterocycles. The lowest BCUT2D eigenvalue weighted by atomic mass is 10.1. The van der Waals surface area contributed by atoms with Gasteiger partial charge in [0.15, 0.2) is 17.3 Å². The van der Waals surface area contributed by atoms with Gasteiger partial charge in [-0.15, -0.1) is 5.10 Å². The SMILES string of the molecule is C/C=C(/COc1c(OC/C(C)=C/N)cc(C(C)=O)cc1OCc1c[nH]nn1)N=N. The van der Waals surface area contributed by atoms with Crippen molar-refractivity contribution in [3.63, 3.8) is 0 Å². The first-order chi connectivity index (χ1) is 14.0. The molecule has 10 heteroatoms. The van der Waals surface area contributed by atoms with Gasteiger partial charge in [0.05, 0.1) is 5.70 Å². The van der Waals surface area contributed by atoms with Crippen LogP contribution in [-0.4, -0.2) is 34.4 Å². The molecule has 154 valence electrons. The fraction of sp³-hybridized carbons (Fsp3) is 0.316. The number of hydrogen-bond donors (Lipinski definition) is 3. The minimum Gasteiger partial charge on any atom is -0.485 e. The number of benzene rings is 1. The summed E-state index contributed by atoms with van der Waals surface area (Å²) in [6.45, 7) is 5.36. The third-order valence-corrected chi connectivity index (χ3v) is 3.85. The molecule has 0 spiro atoms. The van der Waals surface area contributed by atoms with Crippen LogP contribution in [0.4, 0.5) is 0 Å². The highest BCUT2D eigenvalue weighted by Gasteiger charge is 2.18. The molecule has 0 fully saturated rings. The van der Waals surface area contributed by atoms with Gasteiger partial charge in [0.2, 0.25) is 5.75 Å². The largest absolute Gasteiger partial charge is 0.485 e. The van der Waals surface area contributed by atoms with Crippen LogP contribution in [0, 0.1) is 5.53 Å². The van der Waals surface area contributed by atoms with E-state index in [4.69, 9.17) is 25.5 Å². The summed E-state index contributed by atoms with van der Waals surface area (Å²) in [5, 5.41) is 13.5. The first kappa shape index (κ1) is 21.6. The molecule has 0 saturated heterocycles. The Hall–Kier alpha value is -3.69. The number of nitrogens with zero attached hydrogens (tertiary/aromatic N) is 3. The summed E-state index contributed by atoms with van der Waals surface area (Å²) in [4.78, 5) is 12.0. The van der Waals surface area contributed by atoms with E-state index in [0.29, 0.717) is 28.5 Å². The number of Topliss-reactive ketones (excluding diaryl/α,β-unsaturated/α-hetero) is 1. The Kier molecular flexibility index (Phi) is 7.89. The van der Waals surface area contributed by atoms with Crippen LogP contribution in [0.15, 0.2) is 47.0 Å². The average Bonchev–Trinajstić information content (AvgIpc) is 3.25. The van der Waals surface area contributed by atoms with Crippen molar-refractivity contribution in [1.82, 2.24) is 15.4 Å². The Bertz CT molecular complexity index is 906.